The van der Waals surface area contributed by atoms with E-state index in [2.05, 4.69) is 5.32 Å². The van der Waals surface area contributed by atoms with Crippen LogP contribution in [-0.2, 0) is 17.1 Å². The van der Waals surface area contributed by atoms with Gasteiger partial charge < -0.3 is 5.32 Å². The zero-order chi connectivity index (χ0) is 10.4. The maximum absolute atomic E-state index is 10.7. The van der Waals surface area contributed by atoms with Crippen molar-refractivity contribution in [1.82, 2.24) is 5.32 Å². The molecule has 0 bridgehead atoms. The van der Waals surface area contributed by atoms with Crippen LogP contribution in [0.3, 0.4) is 0 Å². The molecule has 1 amide bonds. The Hall–Kier alpha value is -1.02. The number of nitrogens with one attached hydrogen (secondary N) is 1. The number of carbonyl (C=O) groups excluding carboxylic acids is 1. The molecule has 2 nitrogen and oxygen atoms in total. The Bertz CT molecular complexity index is 312. The molecule has 14 heavy (non-hydrogen) atoms. The Labute approximate surface area is 89.3 Å². The van der Waals surface area contributed by atoms with Crippen molar-refractivity contribution in [3.63, 3.8) is 0 Å². The van der Waals surface area contributed by atoms with E-state index < -0.39 is 0 Å². The molecule has 0 saturated carbocycles. The van der Waals surface area contributed by atoms with Gasteiger partial charge in [0.15, 0.2) is 0 Å². The number of alkyl halides is 1. The van der Waals surface area contributed by atoms with Crippen molar-refractivity contribution in [2.24, 2.45) is 0 Å². The molecule has 1 N–H and O–H groups in total. The first-order chi connectivity index (χ1) is 6.74. The van der Waals surface area contributed by atoms with Crippen LogP contribution in [0, 0.1) is 0 Å². The van der Waals surface area contributed by atoms with Crippen LogP contribution >= 0.6 is 11.6 Å². The van der Waals surface area contributed by atoms with Gasteiger partial charge in [0.2, 0.25) is 5.91 Å². The lowest BCUT2D eigenvalue weighted by Crippen LogP contribution is -2.22. The second-order valence-corrected chi connectivity index (χ2v) is 3.40. The van der Waals surface area contributed by atoms with E-state index in [4.69, 9.17) is 11.6 Å². The van der Waals surface area contributed by atoms with Crippen molar-refractivity contribution in [2.45, 2.75) is 19.2 Å². The zero-order valence-electron chi connectivity index (χ0n) is 8.22. The van der Waals surface area contributed by atoms with Crippen LogP contribution < -0.4 is 5.32 Å². The molecular formula is C11H14ClNO. The highest BCUT2D eigenvalue weighted by Crippen LogP contribution is 2.11. The summed E-state index contributed by atoms with van der Waals surface area (Å²) in [6, 6.07) is 8.01. The zero-order valence-corrected chi connectivity index (χ0v) is 8.97. The van der Waals surface area contributed by atoms with Gasteiger partial charge in [0, 0.05) is 19.3 Å². The van der Waals surface area contributed by atoms with Crippen molar-refractivity contribution in [1.29, 1.82) is 0 Å². The monoisotopic (exact) mass is 211 g/mol. The molecule has 0 heterocycles. The van der Waals surface area contributed by atoms with Crippen LogP contribution in [0.2, 0.25) is 0 Å². The van der Waals surface area contributed by atoms with Gasteiger partial charge in [0.05, 0.1) is 0 Å². The lowest BCUT2D eigenvalue weighted by Gasteiger charge is -2.06. The number of halogens is 1. The molecule has 0 unspecified atom stereocenters. The van der Waals surface area contributed by atoms with Gasteiger partial charge in [0.25, 0.3) is 0 Å². The molecule has 0 aliphatic rings. The molecule has 3 heteroatoms. The van der Waals surface area contributed by atoms with Crippen molar-refractivity contribution >= 4 is 17.5 Å². The van der Waals surface area contributed by atoms with E-state index in [0.29, 0.717) is 12.4 Å². The van der Waals surface area contributed by atoms with E-state index in [1.165, 1.54) is 12.5 Å². The summed E-state index contributed by atoms with van der Waals surface area (Å²) in [4.78, 5) is 10.7. The van der Waals surface area contributed by atoms with Crippen LogP contribution in [0.5, 0.6) is 0 Å². The average Bonchev–Trinajstić information content (AvgIpc) is 2.18. The van der Waals surface area contributed by atoms with Gasteiger partial charge in [-0.05, 0) is 17.5 Å². The van der Waals surface area contributed by atoms with Gasteiger partial charge in [-0.3, -0.25) is 4.79 Å². The topological polar surface area (TPSA) is 29.1 Å². The maximum atomic E-state index is 10.7. The number of hydrogen-bond acceptors (Lipinski definition) is 1. The molecule has 0 atom stereocenters. The highest BCUT2D eigenvalue weighted by molar-refractivity contribution is 6.17. The number of hydrogen-bond donors (Lipinski definition) is 1. The largest absolute Gasteiger partial charge is 0.356 e. The molecule has 0 aromatic heterocycles. The quantitative estimate of drug-likeness (QED) is 0.760. The molecule has 0 aliphatic carbocycles. The van der Waals surface area contributed by atoms with Gasteiger partial charge in [-0.2, -0.15) is 0 Å². The second kappa shape index (κ2) is 5.66. The Balaban J connectivity index is 2.53. The van der Waals surface area contributed by atoms with Crippen LogP contribution in [0.1, 0.15) is 18.1 Å². The fourth-order valence-corrected chi connectivity index (χ4v) is 1.57. The minimum Gasteiger partial charge on any atom is -0.356 e. The highest BCUT2D eigenvalue weighted by Gasteiger charge is 2.00. The van der Waals surface area contributed by atoms with Gasteiger partial charge in [-0.1, -0.05) is 24.3 Å². The standard InChI is InChI=1S/C11H14ClNO/c1-9(14)13-7-6-10-4-2-3-5-11(10)8-12/h2-5H,6-8H2,1H3,(H,13,14). The Morgan fingerprint density at radius 3 is 2.57 bits per heavy atom. The number of benzene rings is 1. The molecule has 1 aromatic carbocycles. The summed E-state index contributed by atoms with van der Waals surface area (Å²) < 4.78 is 0. The summed E-state index contributed by atoms with van der Waals surface area (Å²) in [6.45, 7) is 2.19. The fraction of sp³-hybridized carbons (Fsp3) is 0.364. The van der Waals surface area contributed by atoms with Crippen molar-refractivity contribution < 1.29 is 4.79 Å². The lowest BCUT2D eigenvalue weighted by molar-refractivity contribution is -0.118. The number of amides is 1. The van der Waals surface area contributed by atoms with Gasteiger partial charge in [0.1, 0.15) is 0 Å². The van der Waals surface area contributed by atoms with Crippen LogP contribution in [0.15, 0.2) is 24.3 Å². The molecular weight excluding hydrogens is 198 g/mol. The summed E-state index contributed by atoms with van der Waals surface area (Å²) in [5.41, 5.74) is 2.34. The summed E-state index contributed by atoms with van der Waals surface area (Å²) in [7, 11) is 0. The smallest absolute Gasteiger partial charge is 0.216 e. The third-order valence-electron chi connectivity index (χ3n) is 2.03. The predicted octanol–water partition coefficient (Wildman–Crippen LogP) is 2.10. The van der Waals surface area contributed by atoms with E-state index in [1.807, 2.05) is 24.3 Å². The summed E-state index contributed by atoms with van der Waals surface area (Å²) in [5.74, 6) is 0.532. The fourth-order valence-electron chi connectivity index (χ4n) is 1.30. The molecule has 76 valence electrons. The first-order valence-corrected chi connectivity index (χ1v) is 5.14. The van der Waals surface area contributed by atoms with E-state index in [-0.39, 0.29) is 5.91 Å². The average molecular weight is 212 g/mol. The molecule has 0 saturated heterocycles. The molecule has 0 fully saturated rings. The second-order valence-electron chi connectivity index (χ2n) is 3.14. The van der Waals surface area contributed by atoms with Crippen molar-refractivity contribution in [3.05, 3.63) is 35.4 Å². The van der Waals surface area contributed by atoms with Crippen molar-refractivity contribution in [3.8, 4) is 0 Å². The first-order valence-electron chi connectivity index (χ1n) is 4.61. The van der Waals surface area contributed by atoms with E-state index in [1.54, 1.807) is 0 Å². The van der Waals surface area contributed by atoms with E-state index >= 15 is 0 Å². The minimum atomic E-state index is 0.00774. The van der Waals surface area contributed by atoms with Crippen molar-refractivity contribution in [2.75, 3.05) is 6.54 Å². The number of carbonyl (C=O) groups is 1. The predicted molar refractivity (Wildman–Crippen MR) is 58.4 cm³/mol. The molecule has 0 aliphatic heterocycles. The SMILES string of the molecule is CC(=O)NCCc1ccccc1CCl. The van der Waals surface area contributed by atoms with E-state index in [0.717, 1.165) is 12.0 Å². The van der Waals surface area contributed by atoms with E-state index in [9.17, 15) is 4.79 Å². The lowest BCUT2D eigenvalue weighted by atomic mass is 10.1. The molecule has 1 aromatic rings. The number of rotatable bonds is 4. The maximum Gasteiger partial charge on any atom is 0.216 e. The molecule has 0 spiro atoms. The normalized spacial score (nSPS) is 9.86. The highest BCUT2D eigenvalue weighted by atomic mass is 35.5. The van der Waals surface area contributed by atoms with Crippen LogP contribution in [-0.4, -0.2) is 12.5 Å². The summed E-state index contributed by atoms with van der Waals surface area (Å²) >= 11 is 5.79. The third-order valence-corrected chi connectivity index (χ3v) is 2.32. The van der Waals surface area contributed by atoms with Crippen LogP contribution in [0.25, 0.3) is 0 Å². The summed E-state index contributed by atoms with van der Waals surface area (Å²) in [5, 5.41) is 2.76. The van der Waals surface area contributed by atoms with Gasteiger partial charge >= 0.3 is 0 Å². The minimum absolute atomic E-state index is 0.00774. The van der Waals surface area contributed by atoms with Gasteiger partial charge in [-0.15, -0.1) is 11.6 Å². The molecule has 1 rings (SSSR count). The van der Waals surface area contributed by atoms with Gasteiger partial charge in [-0.25, -0.2) is 0 Å². The Kier molecular flexibility index (Phi) is 4.47. The first kappa shape index (κ1) is 11.1. The summed E-state index contributed by atoms with van der Waals surface area (Å²) in [6.07, 6.45) is 0.836. The Morgan fingerprint density at radius 2 is 2.00 bits per heavy atom. The molecule has 0 radical (unpaired) electrons. The van der Waals surface area contributed by atoms with Crippen LogP contribution in [0.4, 0.5) is 0 Å². The Morgan fingerprint density at radius 1 is 1.36 bits per heavy atom. The third kappa shape index (κ3) is 3.38.